The summed E-state index contributed by atoms with van der Waals surface area (Å²) in [6, 6.07) is 6.61. The van der Waals surface area contributed by atoms with Gasteiger partial charge < -0.3 is 4.57 Å². The van der Waals surface area contributed by atoms with E-state index in [0.29, 0.717) is 29.4 Å². The Labute approximate surface area is 146 Å². The van der Waals surface area contributed by atoms with Crippen molar-refractivity contribution in [2.24, 2.45) is 7.05 Å². The van der Waals surface area contributed by atoms with Gasteiger partial charge in [-0.05, 0) is 24.4 Å². The van der Waals surface area contributed by atoms with Crippen LogP contribution in [0.5, 0.6) is 0 Å². The standard InChI is InChI=1S/C17H20FN5S/c1-3-8-21-9-11-22(12-10-21)13-23-17(24)20(2)16(19-23)14-6-4-5-7-15(14)18/h1,4-7H,8-13H2,2H3. The van der Waals surface area contributed by atoms with Gasteiger partial charge in [0.05, 0.1) is 18.8 Å². The smallest absolute Gasteiger partial charge is 0.199 e. The Kier molecular flexibility index (Phi) is 5.09. The van der Waals surface area contributed by atoms with Crippen LogP contribution in [0.15, 0.2) is 24.3 Å². The summed E-state index contributed by atoms with van der Waals surface area (Å²) in [5.74, 6) is 2.93. The SMILES string of the molecule is C#CCN1CCN(Cn2nc(-c3ccccc3F)n(C)c2=S)CC1. The summed E-state index contributed by atoms with van der Waals surface area (Å²) in [4.78, 5) is 4.53. The van der Waals surface area contributed by atoms with Crippen molar-refractivity contribution in [2.45, 2.75) is 6.67 Å². The van der Waals surface area contributed by atoms with Crippen molar-refractivity contribution in [1.29, 1.82) is 0 Å². The topological polar surface area (TPSA) is 29.2 Å². The molecule has 2 aromatic rings. The Balaban J connectivity index is 1.77. The molecule has 3 rings (SSSR count). The van der Waals surface area contributed by atoms with Crippen molar-refractivity contribution in [3.63, 3.8) is 0 Å². The van der Waals surface area contributed by atoms with Crippen molar-refractivity contribution in [1.82, 2.24) is 24.1 Å². The second kappa shape index (κ2) is 7.26. The average Bonchev–Trinajstić information content (AvgIpc) is 2.86. The fourth-order valence-electron chi connectivity index (χ4n) is 2.86. The fourth-order valence-corrected chi connectivity index (χ4v) is 3.05. The van der Waals surface area contributed by atoms with Crippen LogP contribution in [-0.4, -0.2) is 56.9 Å². The molecule has 0 amide bonds. The number of rotatable bonds is 4. The number of terminal acetylenes is 1. The lowest BCUT2D eigenvalue weighted by atomic mass is 10.2. The summed E-state index contributed by atoms with van der Waals surface area (Å²) in [6.45, 7) is 4.98. The van der Waals surface area contributed by atoms with E-state index in [1.54, 1.807) is 27.4 Å². The molecule has 5 nitrogen and oxygen atoms in total. The number of benzene rings is 1. The number of aromatic nitrogens is 3. The highest BCUT2D eigenvalue weighted by Crippen LogP contribution is 2.20. The Hall–Kier alpha value is -2.01. The molecule has 1 fully saturated rings. The van der Waals surface area contributed by atoms with Gasteiger partial charge in [-0.15, -0.1) is 6.42 Å². The van der Waals surface area contributed by atoms with Gasteiger partial charge in [0.2, 0.25) is 0 Å². The first kappa shape index (κ1) is 16.8. The molecule has 24 heavy (non-hydrogen) atoms. The van der Waals surface area contributed by atoms with E-state index in [4.69, 9.17) is 18.6 Å². The third-order valence-electron chi connectivity index (χ3n) is 4.27. The normalized spacial score (nSPS) is 16.2. The summed E-state index contributed by atoms with van der Waals surface area (Å²) in [5, 5.41) is 4.54. The molecule has 7 heteroatoms. The molecule has 0 unspecified atom stereocenters. The van der Waals surface area contributed by atoms with Crippen molar-refractivity contribution in [2.75, 3.05) is 32.7 Å². The minimum absolute atomic E-state index is 0.296. The quantitative estimate of drug-likeness (QED) is 0.626. The van der Waals surface area contributed by atoms with E-state index < -0.39 is 0 Å². The lowest BCUT2D eigenvalue weighted by molar-refractivity contribution is 0.111. The van der Waals surface area contributed by atoms with Crippen LogP contribution in [0.3, 0.4) is 0 Å². The van der Waals surface area contributed by atoms with Crippen LogP contribution >= 0.6 is 12.2 Å². The monoisotopic (exact) mass is 345 g/mol. The molecule has 1 aromatic heterocycles. The minimum atomic E-state index is -0.296. The molecular weight excluding hydrogens is 325 g/mol. The molecule has 1 saturated heterocycles. The predicted octanol–water partition coefficient (Wildman–Crippen LogP) is 1.97. The maximum Gasteiger partial charge on any atom is 0.199 e. The lowest BCUT2D eigenvalue weighted by Gasteiger charge is -2.33. The van der Waals surface area contributed by atoms with E-state index in [9.17, 15) is 4.39 Å². The van der Waals surface area contributed by atoms with Crippen LogP contribution in [0.1, 0.15) is 0 Å². The van der Waals surface area contributed by atoms with Crippen LogP contribution in [0, 0.1) is 22.9 Å². The summed E-state index contributed by atoms with van der Waals surface area (Å²) in [5.41, 5.74) is 0.462. The van der Waals surface area contributed by atoms with Gasteiger partial charge in [0, 0.05) is 33.2 Å². The number of nitrogens with zero attached hydrogens (tertiary/aromatic N) is 5. The van der Waals surface area contributed by atoms with Gasteiger partial charge in [0.25, 0.3) is 0 Å². The van der Waals surface area contributed by atoms with Gasteiger partial charge in [-0.25, -0.2) is 9.07 Å². The fraction of sp³-hybridized carbons (Fsp3) is 0.412. The number of hydrogen-bond acceptors (Lipinski definition) is 4. The Morgan fingerprint density at radius 1 is 1.21 bits per heavy atom. The van der Waals surface area contributed by atoms with E-state index >= 15 is 0 Å². The molecule has 2 heterocycles. The highest BCUT2D eigenvalue weighted by Gasteiger charge is 2.19. The summed E-state index contributed by atoms with van der Waals surface area (Å²) in [7, 11) is 1.82. The summed E-state index contributed by atoms with van der Waals surface area (Å²) in [6.07, 6.45) is 5.36. The summed E-state index contributed by atoms with van der Waals surface area (Å²) < 4.78 is 18.1. The zero-order valence-electron chi connectivity index (χ0n) is 13.7. The number of piperazine rings is 1. The van der Waals surface area contributed by atoms with Crippen LogP contribution in [0.25, 0.3) is 11.4 Å². The molecule has 0 aliphatic carbocycles. The van der Waals surface area contributed by atoms with E-state index in [2.05, 4.69) is 20.8 Å². The molecule has 126 valence electrons. The average molecular weight is 345 g/mol. The second-order valence-electron chi connectivity index (χ2n) is 5.88. The molecule has 0 atom stereocenters. The lowest BCUT2D eigenvalue weighted by Crippen LogP contribution is -2.46. The van der Waals surface area contributed by atoms with Gasteiger partial charge >= 0.3 is 0 Å². The maximum atomic E-state index is 14.0. The predicted molar refractivity (Wildman–Crippen MR) is 94.3 cm³/mol. The Morgan fingerprint density at radius 2 is 1.88 bits per heavy atom. The van der Waals surface area contributed by atoms with Crippen molar-refractivity contribution in [3.8, 4) is 23.7 Å². The molecule has 0 radical (unpaired) electrons. The zero-order chi connectivity index (χ0) is 17.1. The van der Waals surface area contributed by atoms with E-state index in [0.717, 1.165) is 26.2 Å². The van der Waals surface area contributed by atoms with Crippen LogP contribution in [-0.2, 0) is 13.7 Å². The van der Waals surface area contributed by atoms with E-state index in [1.807, 2.05) is 7.05 Å². The first-order valence-corrected chi connectivity index (χ1v) is 8.28. The molecule has 1 aliphatic rings. The zero-order valence-corrected chi connectivity index (χ0v) is 14.5. The minimum Gasteiger partial charge on any atom is -0.303 e. The highest BCUT2D eigenvalue weighted by molar-refractivity contribution is 7.71. The first-order valence-electron chi connectivity index (χ1n) is 7.87. The highest BCUT2D eigenvalue weighted by atomic mass is 32.1. The van der Waals surface area contributed by atoms with Crippen LogP contribution in [0.4, 0.5) is 4.39 Å². The first-order chi connectivity index (χ1) is 11.6. The molecule has 0 saturated carbocycles. The van der Waals surface area contributed by atoms with Gasteiger partial charge in [0.15, 0.2) is 10.6 Å². The van der Waals surface area contributed by atoms with Gasteiger partial charge in [-0.3, -0.25) is 9.80 Å². The van der Waals surface area contributed by atoms with E-state index in [1.165, 1.54) is 6.07 Å². The van der Waals surface area contributed by atoms with Gasteiger partial charge in [-0.2, -0.15) is 5.10 Å². The molecule has 0 spiro atoms. The van der Waals surface area contributed by atoms with Crippen molar-refractivity contribution >= 4 is 12.2 Å². The Morgan fingerprint density at radius 3 is 2.54 bits per heavy atom. The molecule has 0 bridgehead atoms. The van der Waals surface area contributed by atoms with Crippen LogP contribution < -0.4 is 0 Å². The van der Waals surface area contributed by atoms with Crippen LogP contribution in [0.2, 0.25) is 0 Å². The van der Waals surface area contributed by atoms with Crippen molar-refractivity contribution < 1.29 is 4.39 Å². The number of hydrogen-bond donors (Lipinski definition) is 0. The van der Waals surface area contributed by atoms with E-state index in [-0.39, 0.29) is 5.82 Å². The Bertz CT molecular complexity index is 811. The van der Waals surface area contributed by atoms with Crippen molar-refractivity contribution in [3.05, 3.63) is 34.9 Å². The molecule has 1 aliphatic heterocycles. The molecule has 0 N–H and O–H groups in total. The second-order valence-corrected chi connectivity index (χ2v) is 6.25. The largest absolute Gasteiger partial charge is 0.303 e. The maximum absolute atomic E-state index is 14.0. The third-order valence-corrected chi connectivity index (χ3v) is 4.75. The number of halogens is 1. The summed E-state index contributed by atoms with van der Waals surface area (Å²) >= 11 is 5.47. The molecule has 1 aromatic carbocycles. The van der Waals surface area contributed by atoms with Gasteiger partial charge in [-0.1, -0.05) is 18.1 Å². The van der Waals surface area contributed by atoms with Gasteiger partial charge in [0.1, 0.15) is 5.82 Å². The third kappa shape index (κ3) is 3.41. The molecular formula is C17H20FN5S.